The summed E-state index contributed by atoms with van der Waals surface area (Å²) in [7, 11) is 0. The summed E-state index contributed by atoms with van der Waals surface area (Å²) in [6.07, 6.45) is 97.8. The van der Waals surface area contributed by atoms with Crippen molar-refractivity contribution in [2.45, 2.75) is 316 Å². The van der Waals surface area contributed by atoms with Gasteiger partial charge >= 0.3 is 17.9 Å². The summed E-state index contributed by atoms with van der Waals surface area (Å²) in [5, 5.41) is 0. The van der Waals surface area contributed by atoms with Crippen LogP contribution in [0.2, 0.25) is 0 Å². The molecule has 0 N–H and O–H groups in total. The van der Waals surface area contributed by atoms with Crippen molar-refractivity contribution < 1.29 is 28.6 Å². The van der Waals surface area contributed by atoms with E-state index in [1.165, 1.54) is 154 Å². The maximum absolute atomic E-state index is 12.9. The number of hydrogen-bond donors (Lipinski definition) is 0. The SMILES string of the molecule is CC/C=C\C/C=C\C/C=C\C/C=C\C/C=C\C/C=C\C/C=C\CCCCCCCCCCCCCCCC(=O)OCC(COC(=O)CC/C=C\C/C=C\C/C=C\C/C=C\CC)OC(=O)CCCCCCCCCCCCCCCCCC. The molecule has 0 aromatic rings. The van der Waals surface area contributed by atoms with Crippen molar-refractivity contribution in [1.82, 2.24) is 0 Å². The van der Waals surface area contributed by atoms with Gasteiger partial charge in [-0.05, 0) is 103 Å². The van der Waals surface area contributed by atoms with Crippen molar-refractivity contribution in [1.29, 1.82) is 0 Å². The van der Waals surface area contributed by atoms with Crippen molar-refractivity contribution in [2.24, 2.45) is 0 Å². The number of esters is 3. The van der Waals surface area contributed by atoms with Gasteiger partial charge in [-0.3, -0.25) is 14.4 Å². The minimum Gasteiger partial charge on any atom is -0.462 e. The van der Waals surface area contributed by atoms with E-state index < -0.39 is 6.10 Å². The molecule has 0 fully saturated rings. The molecule has 0 spiro atoms. The average Bonchev–Trinajstić information content (AvgIpc) is 3.47. The molecular weight excluding hydrogens is 1010 g/mol. The van der Waals surface area contributed by atoms with Gasteiger partial charge in [0.25, 0.3) is 0 Å². The average molecular weight is 1140 g/mol. The minimum atomic E-state index is -0.808. The maximum atomic E-state index is 12.9. The maximum Gasteiger partial charge on any atom is 0.306 e. The smallest absolute Gasteiger partial charge is 0.306 e. The van der Waals surface area contributed by atoms with E-state index in [1.54, 1.807) is 0 Å². The van der Waals surface area contributed by atoms with E-state index >= 15 is 0 Å². The Morgan fingerprint density at radius 3 is 0.817 bits per heavy atom. The molecule has 0 bridgehead atoms. The Morgan fingerprint density at radius 1 is 0.256 bits per heavy atom. The van der Waals surface area contributed by atoms with Gasteiger partial charge in [0.1, 0.15) is 13.2 Å². The van der Waals surface area contributed by atoms with Crippen LogP contribution in [0, 0.1) is 0 Å². The van der Waals surface area contributed by atoms with Crippen LogP contribution in [0.4, 0.5) is 0 Å². The molecule has 466 valence electrons. The minimum absolute atomic E-state index is 0.0999. The first-order chi connectivity index (χ1) is 40.5. The number of allylic oxidation sites excluding steroid dienone is 22. The highest BCUT2D eigenvalue weighted by Crippen LogP contribution is 2.17. The summed E-state index contributed by atoms with van der Waals surface area (Å²) in [5.41, 5.74) is 0. The lowest BCUT2D eigenvalue weighted by atomic mass is 10.0. The molecule has 0 aromatic carbocycles. The molecular formula is C76H126O6. The molecule has 0 aromatic heterocycles. The quantitative estimate of drug-likeness (QED) is 0.0261. The third-order valence-corrected chi connectivity index (χ3v) is 14.4. The molecule has 0 aliphatic heterocycles. The highest BCUT2D eigenvalue weighted by molar-refractivity contribution is 5.71. The second-order valence-corrected chi connectivity index (χ2v) is 22.3. The van der Waals surface area contributed by atoms with E-state index in [0.717, 1.165) is 109 Å². The third kappa shape index (κ3) is 66.4. The Labute approximate surface area is 506 Å². The van der Waals surface area contributed by atoms with Crippen LogP contribution in [0.5, 0.6) is 0 Å². The summed E-state index contributed by atoms with van der Waals surface area (Å²) < 4.78 is 16.9. The second-order valence-electron chi connectivity index (χ2n) is 22.3. The van der Waals surface area contributed by atoms with Crippen LogP contribution in [0.15, 0.2) is 134 Å². The molecule has 0 aliphatic rings. The van der Waals surface area contributed by atoms with E-state index in [2.05, 4.69) is 148 Å². The highest BCUT2D eigenvalue weighted by Gasteiger charge is 2.19. The molecule has 0 rings (SSSR count). The van der Waals surface area contributed by atoms with Crippen LogP contribution in [-0.4, -0.2) is 37.2 Å². The first-order valence-corrected chi connectivity index (χ1v) is 34.2. The first kappa shape index (κ1) is 77.5. The van der Waals surface area contributed by atoms with Crippen molar-refractivity contribution in [2.75, 3.05) is 13.2 Å². The van der Waals surface area contributed by atoms with Crippen molar-refractivity contribution in [3.63, 3.8) is 0 Å². The fourth-order valence-corrected chi connectivity index (χ4v) is 9.38. The summed E-state index contributed by atoms with van der Waals surface area (Å²) >= 11 is 0. The molecule has 0 saturated carbocycles. The van der Waals surface area contributed by atoms with Crippen molar-refractivity contribution in [3.05, 3.63) is 134 Å². The molecule has 0 amide bonds. The van der Waals surface area contributed by atoms with Gasteiger partial charge in [-0.1, -0.05) is 321 Å². The lowest BCUT2D eigenvalue weighted by Crippen LogP contribution is -2.30. The Kier molecular flexibility index (Phi) is 65.3. The number of carbonyl (C=O) groups is 3. The van der Waals surface area contributed by atoms with Gasteiger partial charge in [0.05, 0.1) is 0 Å². The van der Waals surface area contributed by atoms with Crippen LogP contribution >= 0.6 is 0 Å². The molecule has 6 nitrogen and oxygen atoms in total. The Bertz CT molecular complexity index is 1730. The van der Waals surface area contributed by atoms with Gasteiger partial charge < -0.3 is 14.2 Å². The molecule has 6 heteroatoms. The van der Waals surface area contributed by atoms with Crippen LogP contribution in [0.1, 0.15) is 310 Å². The second kappa shape index (κ2) is 69.0. The zero-order valence-electron chi connectivity index (χ0n) is 53.5. The Hall–Kier alpha value is -4.45. The van der Waals surface area contributed by atoms with Gasteiger partial charge in [0.15, 0.2) is 6.10 Å². The molecule has 1 unspecified atom stereocenters. The van der Waals surface area contributed by atoms with Gasteiger partial charge in [-0.25, -0.2) is 0 Å². The number of rotatable bonds is 61. The van der Waals surface area contributed by atoms with Gasteiger partial charge in [-0.15, -0.1) is 0 Å². The monoisotopic (exact) mass is 1130 g/mol. The van der Waals surface area contributed by atoms with Crippen molar-refractivity contribution in [3.8, 4) is 0 Å². The fraction of sp³-hybridized carbons (Fsp3) is 0.671. The number of hydrogen-bond acceptors (Lipinski definition) is 6. The first-order valence-electron chi connectivity index (χ1n) is 34.2. The van der Waals surface area contributed by atoms with Gasteiger partial charge in [0.2, 0.25) is 0 Å². The molecule has 82 heavy (non-hydrogen) atoms. The largest absolute Gasteiger partial charge is 0.462 e. The Morgan fingerprint density at radius 2 is 0.500 bits per heavy atom. The molecule has 0 aliphatic carbocycles. The van der Waals surface area contributed by atoms with E-state index in [-0.39, 0.29) is 37.5 Å². The van der Waals surface area contributed by atoms with Crippen LogP contribution in [0.25, 0.3) is 0 Å². The summed E-state index contributed by atoms with van der Waals surface area (Å²) in [4.78, 5) is 38.3. The predicted octanol–water partition coefficient (Wildman–Crippen LogP) is 23.7. The van der Waals surface area contributed by atoms with Crippen LogP contribution in [0.3, 0.4) is 0 Å². The topological polar surface area (TPSA) is 78.9 Å². The van der Waals surface area contributed by atoms with Crippen LogP contribution < -0.4 is 0 Å². The van der Waals surface area contributed by atoms with Gasteiger partial charge in [-0.2, -0.15) is 0 Å². The predicted molar refractivity (Wildman–Crippen MR) is 357 cm³/mol. The summed E-state index contributed by atoms with van der Waals surface area (Å²) in [6.45, 7) is 6.37. The number of carbonyl (C=O) groups excluding carboxylic acids is 3. The van der Waals surface area contributed by atoms with Crippen molar-refractivity contribution >= 4 is 17.9 Å². The third-order valence-electron chi connectivity index (χ3n) is 14.4. The highest BCUT2D eigenvalue weighted by atomic mass is 16.6. The molecule has 0 radical (unpaired) electrons. The normalized spacial score (nSPS) is 13.0. The standard InChI is InChI=1S/C76H126O6/c1-4-7-10-13-16-19-22-25-27-29-30-31-32-33-34-35-36-37-38-39-40-41-42-43-44-45-46-47-49-51-54-57-60-63-66-69-75(78)81-72-73(71-80-74(77)68-65-62-59-56-53-50-24-21-18-15-12-9-6-3)82-76(79)70-67-64-61-58-55-52-48-28-26-23-20-17-14-11-8-5-2/h7,9-10,12,16,18-19,21,25,27,30-31,33-34,36-37,39-40,50,53,59,62,73H,4-6,8,11,13-15,17,20,22-24,26,28-29,32,35,38,41-49,51-52,54-58,60-61,63-72H2,1-3H3/b10-7-,12-9-,19-16-,21-18-,27-25-,31-30-,34-33-,37-36-,40-39-,53-50-,62-59-. The fourth-order valence-electron chi connectivity index (χ4n) is 9.38. The number of unbranched alkanes of at least 4 members (excludes halogenated alkanes) is 28. The van der Waals surface area contributed by atoms with E-state index in [4.69, 9.17) is 14.2 Å². The summed E-state index contributed by atoms with van der Waals surface area (Å²) in [5.74, 6) is -0.977. The Balaban J connectivity index is 4.22. The molecule has 0 saturated heterocycles. The lowest BCUT2D eigenvalue weighted by molar-refractivity contribution is -0.166. The lowest BCUT2D eigenvalue weighted by Gasteiger charge is -2.18. The van der Waals surface area contributed by atoms with E-state index in [1.807, 2.05) is 6.08 Å². The zero-order chi connectivity index (χ0) is 59.2. The number of ether oxygens (including phenoxy) is 3. The van der Waals surface area contributed by atoms with E-state index in [0.29, 0.717) is 19.3 Å². The molecule has 1 atom stereocenters. The van der Waals surface area contributed by atoms with Crippen LogP contribution in [-0.2, 0) is 28.6 Å². The summed E-state index contributed by atoms with van der Waals surface area (Å²) in [6, 6.07) is 0. The van der Waals surface area contributed by atoms with Gasteiger partial charge in [0, 0.05) is 19.3 Å². The zero-order valence-corrected chi connectivity index (χ0v) is 53.5. The molecule has 0 heterocycles. The van der Waals surface area contributed by atoms with E-state index in [9.17, 15) is 14.4 Å².